The predicted octanol–water partition coefficient (Wildman–Crippen LogP) is 4.05. The van der Waals surface area contributed by atoms with Crippen molar-refractivity contribution in [2.24, 2.45) is 4.99 Å². The Morgan fingerprint density at radius 2 is 1.75 bits per heavy atom. The summed E-state index contributed by atoms with van der Waals surface area (Å²) in [5, 5.41) is 12.1. The summed E-state index contributed by atoms with van der Waals surface area (Å²) in [6.07, 6.45) is 1.61. The molecular weight excluding hydrogens is 521 g/mol. The largest absolute Gasteiger partial charge is 0.444 e. The smallest absolute Gasteiger partial charge is 0.412 e. The monoisotopic (exact) mass is 561 g/mol. The second-order valence-corrected chi connectivity index (χ2v) is 8.39. The van der Waals surface area contributed by atoms with Crippen molar-refractivity contribution in [3.8, 4) is 0 Å². The molecule has 1 atom stereocenters. The van der Waals surface area contributed by atoms with Gasteiger partial charge in [-0.1, -0.05) is 19.1 Å². The average molecular weight is 562 g/mol. The summed E-state index contributed by atoms with van der Waals surface area (Å²) in [6.45, 7) is 13.4. The minimum absolute atomic E-state index is 0. The maximum absolute atomic E-state index is 11.9. The molecule has 0 aliphatic rings. The Labute approximate surface area is 209 Å². The van der Waals surface area contributed by atoms with Crippen molar-refractivity contribution in [2.75, 3.05) is 25.0 Å². The van der Waals surface area contributed by atoms with Crippen molar-refractivity contribution in [1.29, 1.82) is 0 Å². The van der Waals surface area contributed by atoms with Gasteiger partial charge in [0, 0.05) is 31.2 Å². The number of carbonyl (C=O) groups excluding carboxylic acids is 2. The number of nitrogens with one attached hydrogen (secondary N) is 4. The van der Waals surface area contributed by atoms with E-state index >= 15 is 0 Å². The Bertz CT molecular complexity index is 717. The number of hydrogen-bond donors (Lipinski definition) is 4. The summed E-state index contributed by atoms with van der Waals surface area (Å²) in [5.74, 6) is 0.719. The van der Waals surface area contributed by atoms with Crippen LogP contribution >= 0.6 is 24.0 Å². The standard InChI is InChI=1S/C23H39N5O3.HI/c1-7-17(3)27-20(29)14-16-26-21(24-8-2)25-15-13-18-9-11-19(12-10-18)28-22(30)31-23(4,5)6;/h9-12,17H,7-8,13-16H2,1-6H3,(H,27,29)(H,28,30)(H2,24,25,26);1H. The molecule has 0 spiro atoms. The van der Waals surface area contributed by atoms with E-state index in [0.29, 0.717) is 31.2 Å². The van der Waals surface area contributed by atoms with E-state index in [1.807, 2.05) is 65.8 Å². The first-order valence-electron chi connectivity index (χ1n) is 11.0. The number of hydrogen-bond acceptors (Lipinski definition) is 4. The van der Waals surface area contributed by atoms with Crippen LogP contribution in [0.25, 0.3) is 0 Å². The number of rotatable bonds is 10. The third-order valence-corrected chi connectivity index (χ3v) is 4.28. The highest BCUT2D eigenvalue weighted by molar-refractivity contribution is 14.0. The number of aliphatic imine (C=N–C) groups is 1. The quantitative estimate of drug-likeness (QED) is 0.196. The first kappa shape index (κ1) is 30.0. The molecule has 0 bridgehead atoms. The van der Waals surface area contributed by atoms with Gasteiger partial charge < -0.3 is 20.7 Å². The second kappa shape index (κ2) is 15.7. The van der Waals surface area contributed by atoms with E-state index in [9.17, 15) is 9.59 Å². The van der Waals surface area contributed by atoms with Crippen molar-refractivity contribution >= 4 is 47.6 Å². The lowest BCUT2D eigenvalue weighted by atomic mass is 10.1. The Morgan fingerprint density at radius 1 is 1.09 bits per heavy atom. The number of amides is 2. The van der Waals surface area contributed by atoms with Crippen molar-refractivity contribution in [3.05, 3.63) is 29.8 Å². The van der Waals surface area contributed by atoms with E-state index in [0.717, 1.165) is 24.9 Å². The van der Waals surface area contributed by atoms with E-state index < -0.39 is 11.7 Å². The predicted molar refractivity (Wildman–Crippen MR) is 142 cm³/mol. The molecule has 8 nitrogen and oxygen atoms in total. The lowest BCUT2D eigenvalue weighted by molar-refractivity contribution is -0.121. The van der Waals surface area contributed by atoms with Crippen molar-refractivity contribution in [2.45, 2.75) is 72.4 Å². The Hall–Kier alpha value is -2.04. The molecule has 0 aromatic heterocycles. The molecule has 182 valence electrons. The maximum Gasteiger partial charge on any atom is 0.412 e. The summed E-state index contributed by atoms with van der Waals surface area (Å²) in [7, 11) is 0. The summed E-state index contributed by atoms with van der Waals surface area (Å²) >= 11 is 0. The van der Waals surface area contributed by atoms with Crippen LogP contribution in [0.5, 0.6) is 0 Å². The summed E-state index contributed by atoms with van der Waals surface area (Å²) in [4.78, 5) is 28.2. The lowest BCUT2D eigenvalue weighted by Gasteiger charge is -2.19. The minimum Gasteiger partial charge on any atom is -0.444 e. The van der Waals surface area contributed by atoms with E-state index in [-0.39, 0.29) is 35.9 Å². The first-order valence-corrected chi connectivity index (χ1v) is 11.0. The molecule has 2 amide bonds. The van der Waals surface area contributed by atoms with E-state index in [1.54, 1.807) is 0 Å². The highest BCUT2D eigenvalue weighted by atomic mass is 127. The number of benzene rings is 1. The van der Waals surface area contributed by atoms with Crippen LogP contribution in [-0.2, 0) is 16.0 Å². The van der Waals surface area contributed by atoms with Crippen LogP contribution in [0.4, 0.5) is 10.5 Å². The fourth-order valence-corrected chi connectivity index (χ4v) is 2.56. The molecule has 1 aromatic rings. The number of nitrogens with zero attached hydrogens (tertiary/aromatic N) is 1. The van der Waals surface area contributed by atoms with Gasteiger partial charge in [-0.2, -0.15) is 0 Å². The molecular formula is C23H40IN5O3. The van der Waals surface area contributed by atoms with Crippen LogP contribution in [-0.4, -0.2) is 49.2 Å². The van der Waals surface area contributed by atoms with Crippen LogP contribution < -0.4 is 21.3 Å². The van der Waals surface area contributed by atoms with Crippen molar-refractivity contribution < 1.29 is 14.3 Å². The number of anilines is 1. The zero-order valence-electron chi connectivity index (χ0n) is 20.2. The molecule has 0 aliphatic heterocycles. The number of ether oxygens (including phenoxy) is 1. The van der Waals surface area contributed by atoms with Gasteiger partial charge in [0.1, 0.15) is 5.60 Å². The van der Waals surface area contributed by atoms with Gasteiger partial charge in [-0.15, -0.1) is 24.0 Å². The number of halogens is 1. The summed E-state index contributed by atoms with van der Waals surface area (Å²) < 4.78 is 5.25. The molecule has 1 aromatic carbocycles. The SMILES string of the molecule is CCNC(=NCCC(=O)NC(C)CC)NCCc1ccc(NC(=O)OC(C)(C)C)cc1.I. The zero-order valence-corrected chi connectivity index (χ0v) is 22.5. The van der Waals surface area contributed by atoms with Gasteiger partial charge in [0.05, 0.1) is 6.54 Å². The molecule has 9 heteroatoms. The van der Waals surface area contributed by atoms with Crippen LogP contribution in [0.3, 0.4) is 0 Å². The molecule has 0 heterocycles. The number of carbonyl (C=O) groups is 2. The molecule has 4 N–H and O–H groups in total. The fraction of sp³-hybridized carbons (Fsp3) is 0.609. The van der Waals surface area contributed by atoms with Crippen LogP contribution in [0.1, 0.15) is 59.9 Å². The third kappa shape index (κ3) is 14.1. The normalized spacial score (nSPS) is 12.2. The number of guanidine groups is 1. The molecule has 0 aliphatic carbocycles. The molecule has 0 fully saturated rings. The first-order chi connectivity index (χ1) is 14.6. The summed E-state index contributed by atoms with van der Waals surface area (Å²) in [5.41, 5.74) is 1.29. The highest BCUT2D eigenvalue weighted by Crippen LogP contribution is 2.13. The van der Waals surface area contributed by atoms with Crippen molar-refractivity contribution in [3.63, 3.8) is 0 Å². The van der Waals surface area contributed by atoms with Crippen LogP contribution in [0.2, 0.25) is 0 Å². The topological polar surface area (TPSA) is 104 Å². The van der Waals surface area contributed by atoms with Crippen molar-refractivity contribution in [1.82, 2.24) is 16.0 Å². The van der Waals surface area contributed by atoms with E-state index in [2.05, 4.69) is 26.3 Å². The molecule has 1 unspecified atom stereocenters. The van der Waals surface area contributed by atoms with Crippen LogP contribution in [0.15, 0.2) is 29.3 Å². The Kier molecular flexibility index (Phi) is 14.7. The Morgan fingerprint density at radius 3 is 2.31 bits per heavy atom. The van der Waals surface area contributed by atoms with Gasteiger partial charge in [-0.25, -0.2) is 4.79 Å². The second-order valence-electron chi connectivity index (χ2n) is 8.39. The van der Waals surface area contributed by atoms with Gasteiger partial charge in [0.2, 0.25) is 5.91 Å². The van der Waals surface area contributed by atoms with Gasteiger partial charge in [0.25, 0.3) is 0 Å². The maximum atomic E-state index is 11.9. The van der Waals surface area contributed by atoms with Gasteiger partial charge in [-0.3, -0.25) is 15.1 Å². The molecule has 32 heavy (non-hydrogen) atoms. The Balaban J connectivity index is 0.00000961. The van der Waals surface area contributed by atoms with E-state index in [1.165, 1.54) is 0 Å². The van der Waals surface area contributed by atoms with Gasteiger partial charge in [-0.05, 0) is 65.2 Å². The third-order valence-electron chi connectivity index (χ3n) is 4.28. The zero-order chi connectivity index (χ0) is 23.3. The fourth-order valence-electron chi connectivity index (χ4n) is 2.56. The molecule has 1 rings (SSSR count). The van der Waals surface area contributed by atoms with E-state index in [4.69, 9.17) is 4.74 Å². The molecule has 0 radical (unpaired) electrons. The molecule has 0 saturated heterocycles. The van der Waals surface area contributed by atoms with Gasteiger partial charge in [0.15, 0.2) is 5.96 Å². The average Bonchev–Trinajstić information content (AvgIpc) is 2.67. The lowest BCUT2D eigenvalue weighted by Crippen LogP contribution is -2.38. The molecule has 0 saturated carbocycles. The van der Waals surface area contributed by atoms with Gasteiger partial charge >= 0.3 is 6.09 Å². The highest BCUT2D eigenvalue weighted by Gasteiger charge is 2.16. The summed E-state index contributed by atoms with van der Waals surface area (Å²) in [6, 6.07) is 7.84. The van der Waals surface area contributed by atoms with Crippen LogP contribution in [0, 0.1) is 0 Å². The minimum atomic E-state index is -0.529.